The third-order valence-corrected chi connectivity index (χ3v) is 4.70. The van der Waals surface area contributed by atoms with E-state index >= 15 is 0 Å². The van der Waals surface area contributed by atoms with Gasteiger partial charge in [-0.3, -0.25) is 4.79 Å². The molecule has 150 valence electrons. The molecular weight excluding hydrogens is 384 g/mol. The van der Waals surface area contributed by atoms with Crippen LogP contribution in [0.3, 0.4) is 0 Å². The molecule has 0 spiro atoms. The minimum absolute atomic E-state index is 0.0242. The Balaban J connectivity index is 1.80. The lowest BCUT2D eigenvalue weighted by molar-refractivity contribution is 0.0594. The van der Waals surface area contributed by atoms with Crippen molar-refractivity contribution in [1.82, 2.24) is 9.71 Å². The first-order valence-corrected chi connectivity index (χ1v) is 9.04. The standard InChI is InChI=1S/C22H18N4O4/c1-30-22(28)18-19(17-3-2-12-24-20(17)26(29)21(18)27)25-16-10-6-14(7-11-16)13-4-8-15(23)9-5-13/h2-12,25,29H,23H2,1H3. The van der Waals surface area contributed by atoms with E-state index in [0.717, 1.165) is 11.1 Å². The number of fused-ring (bicyclic) bond motifs is 1. The summed E-state index contributed by atoms with van der Waals surface area (Å²) in [6, 6.07) is 18.2. The van der Waals surface area contributed by atoms with Gasteiger partial charge in [0, 0.05) is 23.0 Å². The van der Waals surface area contributed by atoms with E-state index in [4.69, 9.17) is 10.5 Å². The van der Waals surface area contributed by atoms with E-state index in [-0.39, 0.29) is 16.9 Å². The second-order valence-corrected chi connectivity index (χ2v) is 6.56. The number of hydrogen-bond acceptors (Lipinski definition) is 7. The number of nitrogens with two attached hydrogens (primary N) is 1. The summed E-state index contributed by atoms with van der Waals surface area (Å²) in [6.07, 6.45) is 1.44. The number of carbonyl (C=O) groups excluding carboxylic acids is 1. The summed E-state index contributed by atoms with van der Waals surface area (Å²) >= 11 is 0. The highest BCUT2D eigenvalue weighted by Gasteiger charge is 2.24. The van der Waals surface area contributed by atoms with Crippen molar-refractivity contribution in [2.24, 2.45) is 0 Å². The predicted octanol–water partition coefficient (Wildman–Crippen LogP) is 3.41. The number of nitrogens with one attached hydrogen (secondary N) is 1. The number of carbonyl (C=O) groups is 1. The fourth-order valence-electron chi connectivity index (χ4n) is 3.19. The molecule has 30 heavy (non-hydrogen) atoms. The maximum atomic E-state index is 12.6. The topological polar surface area (TPSA) is 119 Å². The number of benzene rings is 2. The van der Waals surface area contributed by atoms with Gasteiger partial charge in [-0.05, 0) is 47.5 Å². The lowest BCUT2D eigenvalue weighted by Gasteiger charge is -2.15. The van der Waals surface area contributed by atoms with Gasteiger partial charge >= 0.3 is 11.5 Å². The van der Waals surface area contributed by atoms with Crippen LogP contribution in [0.15, 0.2) is 71.7 Å². The Morgan fingerprint density at radius 3 is 2.33 bits per heavy atom. The fraction of sp³-hybridized carbons (Fsp3) is 0.0455. The first-order chi connectivity index (χ1) is 14.5. The van der Waals surface area contributed by atoms with Crippen LogP contribution in [-0.4, -0.2) is 28.0 Å². The number of aromatic nitrogens is 2. The van der Waals surface area contributed by atoms with Crippen LogP contribution in [-0.2, 0) is 4.74 Å². The summed E-state index contributed by atoms with van der Waals surface area (Å²) in [7, 11) is 1.17. The van der Waals surface area contributed by atoms with Crippen LogP contribution < -0.4 is 16.6 Å². The highest BCUT2D eigenvalue weighted by atomic mass is 16.5. The van der Waals surface area contributed by atoms with Crippen molar-refractivity contribution in [2.45, 2.75) is 0 Å². The molecular formula is C22H18N4O4. The highest BCUT2D eigenvalue weighted by Crippen LogP contribution is 2.29. The molecule has 4 N–H and O–H groups in total. The molecule has 4 aromatic rings. The van der Waals surface area contributed by atoms with Gasteiger partial charge in [0.25, 0.3) is 0 Å². The number of anilines is 3. The zero-order valence-corrected chi connectivity index (χ0v) is 16.0. The SMILES string of the molecule is COC(=O)c1c(Nc2ccc(-c3ccc(N)cc3)cc2)c2cccnc2n(O)c1=O. The molecule has 0 aliphatic rings. The molecule has 2 aromatic heterocycles. The molecule has 0 atom stereocenters. The van der Waals surface area contributed by atoms with Gasteiger partial charge in [0.1, 0.15) is 0 Å². The zero-order chi connectivity index (χ0) is 21.3. The minimum Gasteiger partial charge on any atom is -0.465 e. The average molecular weight is 402 g/mol. The molecule has 0 aliphatic carbocycles. The van der Waals surface area contributed by atoms with Gasteiger partial charge in [0.2, 0.25) is 0 Å². The van der Waals surface area contributed by atoms with E-state index in [1.807, 2.05) is 48.5 Å². The summed E-state index contributed by atoms with van der Waals surface area (Å²) in [6.45, 7) is 0. The number of methoxy groups -OCH3 is 1. The van der Waals surface area contributed by atoms with Crippen molar-refractivity contribution in [3.05, 3.63) is 82.8 Å². The van der Waals surface area contributed by atoms with Gasteiger partial charge in [0.05, 0.1) is 12.8 Å². The van der Waals surface area contributed by atoms with Crippen LogP contribution in [0.2, 0.25) is 0 Å². The maximum Gasteiger partial charge on any atom is 0.345 e. The lowest BCUT2D eigenvalue weighted by Crippen LogP contribution is -2.28. The smallest absolute Gasteiger partial charge is 0.345 e. The van der Waals surface area contributed by atoms with Crippen LogP contribution in [0.5, 0.6) is 0 Å². The van der Waals surface area contributed by atoms with E-state index in [9.17, 15) is 14.8 Å². The van der Waals surface area contributed by atoms with Gasteiger partial charge in [0.15, 0.2) is 11.2 Å². The molecule has 0 unspecified atom stereocenters. The number of nitrogens with zero attached hydrogens (tertiary/aromatic N) is 2. The molecule has 8 heteroatoms. The highest BCUT2D eigenvalue weighted by molar-refractivity contribution is 6.05. The van der Waals surface area contributed by atoms with Crippen molar-refractivity contribution >= 4 is 34.1 Å². The van der Waals surface area contributed by atoms with Crippen molar-refractivity contribution in [3.8, 4) is 11.1 Å². The van der Waals surface area contributed by atoms with Crippen molar-refractivity contribution in [1.29, 1.82) is 0 Å². The number of nitrogen functional groups attached to an aromatic ring is 1. The van der Waals surface area contributed by atoms with Gasteiger partial charge in [-0.1, -0.05) is 24.3 Å². The summed E-state index contributed by atoms with van der Waals surface area (Å²) < 4.78 is 5.10. The first-order valence-electron chi connectivity index (χ1n) is 9.04. The van der Waals surface area contributed by atoms with Crippen LogP contribution >= 0.6 is 0 Å². The van der Waals surface area contributed by atoms with Gasteiger partial charge in [-0.25, -0.2) is 9.78 Å². The Morgan fingerprint density at radius 2 is 1.70 bits per heavy atom. The van der Waals surface area contributed by atoms with Crippen molar-refractivity contribution in [3.63, 3.8) is 0 Å². The Labute approximate surface area is 171 Å². The van der Waals surface area contributed by atoms with E-state index in [1.165, 1.54) is 13.3 Å². The first kappa shape index (κ1) is 19.0. The molecule has 4 rings (SSSR count). The molecule has 0 amide bonds. The molecule has 8 nitrogen and oxygen atoms in total. The number of pyridine rings is 2. The van der Waals surface area contributed by atoms with E-state index < -0.39 is 11.5 Å². The summed E-state index contributed by atoms with van der Waals surface area (Å²) in [5.41, 5.74) is 8.04. The quantitative estimate of drug-likeness (QED) is 0.272. The molecule has 0 fully saturated rings. The third kappa shape index (κ3) is 3.30. The second-order valence-electron chi connectivity index (χ2n) is 6.56. The van der Waals surface area contributed by atoms with E-state index in [1.54, 1.807) is 12.1 Å². The zero-order valence-electron chi connectivity index (χ0n) is 16.0. The Kier molecular flexibility index (Phi) is 4.81. The molecule has 2 aromatic carbocycles. The van der Waals surface area contributed by atoms with Crippen LogP contribution in [0.4, 0.5) is 17.1 Å². The van der Waals surface area contributed by atoms with Crippen LogP contribution in [0, 0.1) is 0 Å². The maximum absolute atomic E-state index is 12.6. The number of rotatable bonds is 4. The fourth-order valence-corrected chi connectivity index (χ4v) is 3.19. The Bertz CT molecular complexity index is 1300. The summed E-state index contributed by atoms with van der Waals surface area (Å²) in [5, 5.41) is 13.6. The molecule has 2 heterocycles. The van der Waals surface area contributed by atoms with Crippen molar-refractivity contribution in [2.75, 3.05) is 18.2 Å². The van der Waals surface area contributed by atoms with Gasteiger partial charge in [-0.2, -0.15) is 0 Å². The lowest BCUT2D eigenvalue weighted by atomic mass is 10.0. The van der Waals surface area contributed by atoms with Gasteiger partial charge < -0.3 is 21.0 Å². The molecule has 0 bridgehead atoms. The van der Waals surface area contributed by atoms with Gasteiger partial charge in [-0.15, -0.1) is 4.73 Å². The number of hydrogen-bond donors (Lipinski definition) is 3. The third-order valence-electron chi connectivity index (χ3n) is 4.70. The Morgan fingerprint density at radius 1 is 1.07 bits per heavy atom. The van der Waals surface area contributed by atoms with Crippen molar-refractivity contribution < 1.29 is 14.7 Å². The van der Waals surface area contributed by atoms with Crippen LogP contribution in [0.1, 0.15) is 10.4 Å². The number of esters is 1. The summed E-state index contributed by atoms with van der Waals surface area (Å²) in [5.74, 6) is -0.866. The second kappa shape index (κ2) is 7.59. The molecule has 0 saturated heterocycles. The predicted molar refractivity (Wildman–Crippen MR) is 114 cm³/mol. The molecule has 0 saturated carbocycles. The largest absolute Gasteiger partial charge is 0.465 e. The van der Waals surface area contributed by atoms with E-state index in [0.29, 0.717) is 21.5 Å². The monoisotopic (exact) mass is 402 g/mol. The normalized spacial score (nSPS) is 10.7. The number of ether oxygens (including phenoxy) is 1. The molecule has 0 aliphatic heterocycles. The van der Waals surface area contributed by atoms with Crippen LogP contribution in [0.25, 0.3) is 22.2 Å². The summed E-state index contributed by atoms with van der Waals surface area (Å²) in [4.78, 5) is 28.9. The average Bonchev–Trinajstić information content (AvgIpc) is 2.78. The Hall–Kier alpha value is -4.33. The minimum atomic E-state index is -0.922. The molecule has 0 radical (unpaired) electrons. The van der Waals surface area contributed by atoms with E-state index in [2.05, 4.69) is 10.3 Å².